The predicted molar refractivity (Wildman–Crippen MR) is 74.4 cm³/mol. The summed E-state index contributed by atoms with van der Waals surface area (Å²) in [6, 6.07) is 7.67. The van der Waals surface area contributed by atoms with Gasteiger partial charge in [0.25, 0.3) is 0 Å². The van der Waals surface area contributed by atoms with E-state index in [1.165, 1.54) is 48.8 Å². The first-order valence-corrected chi connectivity index (χ1v) is 6.94. The topological polar surface area (TPSA) is 12.0 Å². The van der Waals surface area contributed by atoms with Crippen molar-refractivity contribution in [2.24, 2.45) is 5.92 Å². The maximum Gasteiger partial charge on any atom is 0.00955 e. The molecule has 1 aromatic rings. The molecule has 2 rings (SSSR count). The third-order valence-electron chi connectivity index (χ3n) is 4.35. The van der Waals surface area contributed by atoms with Crippen LogP contribution in [0, 0.1) is 19.8 Å². The molecule has 1 heteroatoms. The van der Waals surface area contributed by atoms with Crippen LogP contribution < -0.4 is 5.32 Å². The zero-order valence-electron chi connectivity index (χ0n) is 11.4. The van der Waals surface area contributed by atoms with Crippen molar-refractivity contribution in [1.82, 2.24) is 5.32 Å². The van der Waals surface area contributed by atoms with Crippen LogP contribution in [0.3, 0.4) is 0 Å². The van der Waals surface area contributed by atoms with Crippen LogP contribution in [0.2, 0.25) is 0 Å². The zero-order valence-corrected chi connectivity index (χ0v) is 11.4. The fraction of sp³-hybridized carbons (Fsp3) is 0.625. The highest BCUT2D eigenvalue weighted by Gasteiger charge is 2.23. The van der Waals surface area contributed by atoms with Crippen LogP contribution in [0.25, 0.3) is 0 Å². The lowest BCUT2D eigenvalue weighted by atomic mass is 9.80. The van der Waals surface area contributed by atoms with E-state index in [9.17, 15) is 0 Å². The molecule has 1 aliphatic rings. The van der Waals surface area contributed by atoms with E-state index >= 15 is 0 Å². The molecule has 2 atom stereocenters. The second-order valence-corrected chi connectivity index (χ2v) is 5.56. The summed E-state index contributed by atoms with van der Waals surface area (Å²) in [5, 5.41) is 3.50. The van der Waals surface area contributed by atoms with Gasteiger partial charge in [-0.15, -0.1) is 0 Å². The van der Waals surface area contributed by atoms with Gasteiger partial charge < -0.3 is 5.32 Å². The molecule has 94 valence electrons. The molecule has 0 heterocycles. The standard InChI is InChI=1S/C16H25N/c1-12-8-9-14(10-13(12)2)11-15-6-4-5-7-16(15)17-3/h8-10,15-17H,4-7,11H2,1-3H3. The van der Waals surface area contributed by atoms with Crippen molar-refractivity contribution < 1.29 is 0 Å². The quantitative estimate of drug-likeness (QED) is 0.837. The minimum Gasteiger partial charge on any atom is -0.317 e. The monoisotopic (exact) mass is 231 g/mol. The molecule has 1 saturated carbocycles. The Morgan fingerprint density at radius 1 is 1.12 bits per heavy atom. The van der Waals surface area contributed by atoms with Crippen molar-refractivity contribution in [3.63, 3.8) is 0 Å². The van der Waals surface area contributed by atoms with Gasteiger partial charge in [-0.25, -0.2) is 0 Å². The summed E-state index contributed by atoms with van der Waals surface area (Å²) in [4.78, 5) is 0. The largest absolute Gasteiger partial charge is 0.317 e. The van der Waals surface area contributed by atoms with Gasteiger partial charge in [0, 0.05) is 6.04 Å². The van der Waals surface area contributed by atoms with Crippen molar-refractivity contribution in [2.75, 3.05) is 7.05 Å². The Labute approximate surface area is 106 Å². The summed E-state index contributed by atoms with van der Waals surface area (Å²) in [5.74, 6) is 0.829. The first-order chi connectivity index (χ1) is 8.20. The van der Waals surface area contributed by atoms with Crippen molar-refractivity contribution >= 4 is 0 Å². The van der Waals surface area contributed by atoms with Gasteiger partial charge in [0.1, 0.15) is 0 Å². The van der Waals surface area contributed by atoms with Gasteiger partial charge in [-0.2, -0.15) is 0 Å². The van der Waals surface area contributed by atoms with Crippen LogP contribution >= 0.6 is 0 Å². The highest BCUT2D eigenvalue weighted by atomic mass is 14.9. The Kier molecular flexibility index (Phi) is 4.22. The van der Waals surface area contributed by atoms with Gasteiger partial charge in [0.15, 0.2) is 0 Å². The molecule has 17 heavy (non-hydrogen) atoms. The molecule has 0 aromatic heterocycles. The number of hydrogen-bond acceptors (Lipinski definition) is 1. The lowest BCUT2D eigenvalue weighted by Crippen LogP contribution is -2.37. The second kappa shape index (κ2) is 5.68. The Hall–Kier alpha value is -0.820. The fourth-order valence-corrected chi connectivity index (χ4v) is 3.07. The smallest absolute Gasteiger partial charge is 0.00955 e. The van der Waals surface area contributed by atoms with Crippen LogP contribution in [-0.2, 0) is 6.42 Å². The van der Waals surface area contributed by atoms with Crippen molar-refractivity contribution in [3.05, 3.63) is 34.9 Å². The maximum absolute atomic E-state index is 3.50. The Morgan fingerprint density at radius 2 is 1.88 bits per heavy atom. The van der Waals surface area contributed by atoms with E-state index in [0.29, 0.717) is 0 Å². The van der Waals surface area contributed by atoms with Gasteiger partial charge in [0.2, 0.25) is 0 Å². The van der Waals surface area contributed by atoms with E-state index in [0.717, 1.165) is 12.0 Å². The number of rotatable bonds is 3. The molecule has 0 radical (unpaired) electrons. The molecule has 2 unspecified atom stereocenters. The van der Waals surface area contributed by atoms with Gasteiger partial charge in [-0.05, 0) is 62.8 Å². The van der Waals surface area contributed by atoms with Crippen LogP contribution in [0.1, 0.15) is 42.4 Å². The lowest BCUT2D eigenvalue weighted by molar-refractivity contribution is 0.272. The van der Waals surface area contributed by atoms with E-state index < -0.39 is 0 Å². The van der Waals surface area contributed by atoms with Crippen molar-refractivity contribution in [3.8, 4) is 0 Å². The molecule has 1 aromatic carbocycles. The summed E-state index contributed by atoms with van der Waals surface area (Å²) in [5.41, 5.74) is 4.35. The number of benzene rings is 1. The number of aryl methyl sites for hydroxylation is 2. The van der Waals surface area contributed by atoms with Crippen molar-refractivity contribution in [1.29, 1.82) is 0 Å². The Morgan fingerprint density at radius 3 is 2.59 bits per heavy atom. The molecule has 0 saturated heterocycles. The Bertz CT molecular complexity index is 370. The maximum atomic E-state index is 3.50. The summed E-state index contributed by atoms with van der Waals surface area (Å²) in [6.45, 7) is 4.41. The fourth-order valence-electron chi connectivity index (χ4n) is 3.07. The molecule has 1 aliphatic carbocycles. The molecule has 1 fully saturated rings. The van der Waals surface area contributed by atoms with E-state index in [-0.39, 0.29) is 0 Å². The van der Waals surface area contributed by atoms with Crippen LogP contribution in [0.15, 0.2) is 18.2 Å². The molecule has 1 N–H and O–H groups in total. The van der Waals surface area contributed by atoms with Crippen molar-refractivity contribution in [2.45, 2.75) is 52.0 Å². The van der Waals surface area contributed by atoms with E-state index in [1.54, 1.807) is 0 Å². The zero-order chi connectivity index (χ0) is 12.3. The normalized spacial score (nSPS) is 24.9. The van der Waals surface area contributed by atoms with E-state index in [2.05, 4.69) is 44.4 Å². The third-order valence-corrected chi connectivity index (χ3v) is 4.35. The lowest BCUT2D eigenvalue weighted by Gasteiger charge is -2.31. The molecule has 1 nitrogen and oxygen atoms in total. The van der Waals surface area contributed by atoms with Gasteiger partial charge >= 0.3 is 0 Å². The molecule has 0 bridgehead atoms. The van der Waals surface area contributed by atoms with E-state index in [4.69, 9.17) is 0 Å². The average Bonchev–Trinajstić information content (AvgIpc) is 2.34. The first kappa shape index (κ1) is 12.6. The minimum absolute atomic E-state index is 0.727. The second-order valence-electron chi connectivity index (χ2n) is 5.56. The highest BCUT2D eigenvalue weighted by molar-refractivity contribution is 5.30. The molecule has 0 aliphatic heterocycles. The van der Waals surface area contributed by atoms with Crippen LogP contribution in [0.5, 0.6) is 0 Å². The van der Waals surface area contributed by atoms with Gasteiger partial charge in [-0.1, -0.05) is 31.0 Å². The predicted octanol–water partition coefficient (Wildman–Crippen LogP) is 3.62. The Balaban J connectivity index is 2.05. The van der Waals surface area contributed by atoms with Crippen LogP contribution in [-0.4, -0.2) is 13.1 Å². The number of nitrogens with one attached hydrogen (secondary N) is 1. The molecular formula is C16H25N. The van der Waals surface area contributed by atoms with Gasteiger partial charge in [-0.3, -0.25) is 0 Å². The number of hydrogen-bond donors (Lipinski definition) is 1. The summed E-state index contributed by atoms with van der Waals surface area (Å²) >= 11 is 0. The summed E-state index contributed by atoms with van der Waals surface area (Å²) < 4.78 is 0. The first-order valence-electron chi connectivity index (χ1n) is 6.94. The molecule has 0 amide bonds. The summed E-state index contributed by atoms with van der Waals surface area (Å²) in [7, 11) is 2.11. The SMILES string of the molecule is CNC1CCCCC1Cc1ccc(C)c(C)c1. The van der Waals surface area contributed by atoms with Crippen LogP contribution in [0.4, 0.5) is 0 Å². The molecular weight excluding hydrogens is 206 g/mol. The highest BCUT2D eigenvalue weighted by Crippen LogP contribution is 2.27. The average molecular weight is 231 g/mol. The van der Waals surface area contributed by atoms with Gasteiger partial charge in [0.05, 0.1) is 0 Å². The minimum atomic E-state index is 0.727. The van der Waals surface area contributed by atoms with E-state index in [1.807, 2.05) is 0 Å². The third kappa shape index (κ3) is 3.10. The molecule has 0 spiro atoms. The summed E-state index contributed by atoms with van der Waals surface area (Å²) in [6.07, 6.45) is 6.79.